The molecule has 3 heterocycles. The summed E-state index contributed by atoms with van der Waals surface area (Å²) in [5.41, 5.74) is 1.79. The summed E-state index contributed by atoms with van der Waals surface area (Å²) < 4.78 is 6.28. The van der Waals surface area contributed by atoms with Gasteiger partial charge in [0, 0.05) is 55.3 Å². The standard InChI is InChI=1S/C24H31N5O4/c1-16-11-29(17(2)14-30)24(32)21-7-19(6-5-18(3)31)10-27-23(21)33-22(16)13-28(4)12-20-8-25-15-26-9-20/h7-10,15-18,22,30-31H,11-14H2,1-4H3/t16-,17-,18+,22-/m1/s1. The number of aromatic nitrogens is 3. The minimum Gasteiger partial charge on any atom is -0.472 e. The normalized spacial score (nSPS) is 20.1. The topological polar surface area (TPSA) is 112 Å². The number of aliphatic hydroxyl groups excluding tert-OH is 2. The van der Waals surface area contributed by atoms with Gasteiger partial charge in [-0.05, 0) is 27.0 Å². The van der Waals surface area contributed by atoms with E-state index in [1.807, 2.05) is 20.9 Å². The zero-order chi connectivity index (χ0) is 24.0. The number of rotatable bonds is 6. The highest BCUT2D eigenvalue weighted by atomic mass is 16.5. The zero-order valence-electron chi connectivity index (χ0n) is 19.5. The minimum absolute atomic E-state index is 0.0120. The molecule has 0 fully saturated rings. The first-order valence-corrected chi connectivity index (χ1v) is 11.0. The van der Waals surface area contributed by atoms with Gasteiger partial charge in [-0.1, -0.05) is 18.8 Å². The molecule has 0 unspecified atom stereocenters. The Balaban J connectivity index is 1.91. The van der Waals surface area contributed by atoms with E-state index in [4.69, 9.17) is 4.74 Å². The number of fused-ring (bicyclic) bond motifs is 1. The Kier molecular flexibility index (Phi) is 8.33. The Morgan fingerprint density at radius 2 is 2.03 bits per heavy atom. The molecule has 0 saturated carbocycles. The quantitative estimate of drug-likeness (QED) is 0.622. The van der Waals surface area contributed by atoms with E-state index in [9.17, 15) is 15.0 Å². The molecule has 0 aliphatic carbocycles. The van der Waals surface area contributed by atoms with Crippen molar-refractivity contribution in [3.63, 3.8) is 0 Å². The number of carbonyl (C=O) groups is 1. The summed E-state index contributed by atoms with van der Waals surface area (Å²) in [5.74, 6) is 5.46. The molecule has 0 bridgehead atoms. The SMILES string of the molecule is C[C@H](O)C#Cc1cnc2c(c1)C(=O)N([C@H](C)CO)C[C@@H](C)[C@@H](CN(C)Cc1cncnc1)O2. The number of ether oxygens (including phenoxy) is 1. The van der Waals surface area contributed by atoms with Crippen LogP contribution in [0.1, 0.15) is 42.3 Å². The third kappa shape index (κ3) is 6.48. The minimum atomic E-state index is -0.791. The molecular weight excluding hydrogens is 422 g/mol. The summed E-state index contributed by atoms with van der Waals surface area (Å²) in [6, 6.07) is 1.27. The molecule has 4 atom stereocenters. The summed E-state index contributed by atoms with van der Waals surface area (Å²) in [6.07, 6.45) is 5.56. The van der Waals surface area contributed by atoms with Crippen LogP contribution in [0.3, 0.4) is 0 Å². The summed E-state index contributed by atoms with van der Waals surface area (Å²) in [7, 11) is 1.99. The average molecular weight is 454 g/mol. The lowest BCUT2D eigenvalue weighted by Crippen LogP contribution is -2.49. The number of likely N-dealkylation sites (N-methyl/N-ethyl adjacent to an activating group) is 1. The maximum absolute atomic E-state index is 13.4. The Labute approximate surface area is 194 Å². The molecule has 1 aliphatic heterocycles. The molecule has 9 nitrogen and oxygen atoms in total. The van der Waals surface area contributed by atoms with Crippen LogP contribution in [0.2, 0.25) is 0 Å². The van der Waals surface area contributed by atoms with Crippen LogP contribution in [-0.2, 0) is 6.54 Å². The van der Waals surface area contributed by atoms with Crippen molar-refractivity contribution in [2.75, 3.05) is 26.7 Å². The van der Waals surface area contributed by atoms with E-state index in [1.54, 1.807) is 30.3 Å². The highest BCUT2D eigenvalue weighted by Crippen LogP contribution is 2.27. The number of hydrogen-bond donors (Lipinski definition) is 2. The van der Waals surface area contributed by atoms with Crippen molar-refractivity contribution in [1.29, 1.82) is 0 Å². The van der Waals surface area contributed by atoms with Gasteiger partial charge in [-0.25, -0.2) is 15.0 Å². The first kappa shape index (κ1) is 24.6. The summed E-state index contributed by atoms with van der Waals surface area (Å²) in [5, 5.41) is 19.2. The molecule has 1 aliphatic rings. The first-order chi connectivity index (χ1) is 15.8. The first-order valence-electron chi connectivity index (χ1n) is 11.0. The number of amides is 1. The van der Waals surface area contributed by atoms with E-state index in [2.05, 4.69) is 31.7 Å². The predicted molar refractivity (Wildman–Crippen MR) is 122 cm³/mol. The van der Waals surface area contributed by atoms with Crippen LogP contribution in [0.15, 0.2) is 31.0 Å². The van der Waals surface area contributed by atoms with Crippen molar-refractivity contribution in [2.24, 2.45) is 5.92 Å². The Morgan fingerprint density at radius 1 is 1.30 bits per heavy atom. The molecule has 9 heteroatoms. The zero-order valence-corrected chi connectivity index (χ0v) is 19.5. The lowest BCUT2D eigenvalue weighted by Gasteiger charge is -2.37. The van der Waals surface area contributed by atoms with Crippen molar-refractivity contribution in [1.82, 2.24) is 24.8 Å². The molecule has 0 spiro atoms. The van der Waals surface area contributed by atoms with Crippen LogP contribution in [0.5, 0.6) is 5.88 Å². The third-order valence-electron chi connectivity index (χ3n) is 5.50. The average Bonchev–Trinajstić information content (AvgIpc) is 2.80. The lowest BCUT2D eigenvalue weighted by atomic mass is 9.99. The van der Waals surface area contributed by atoms with E-state index >= 15 is 0 Å². The maximum Gasteiger partial charge on any atom is 0.259 e. The van der Waals surface area contributed by atoms with Crippen molar-refractivity contribution in [2.45, 2.75) is 45.6 Å². The van der Waals surface area contributed by atoms with Gasteiger partial charge in [0.15, 0.2) is 0 Å². The highest BCUT2D eigenvalue weighted by Gasteiger charge is 2.34. The molecule has 2 aromatic heterocycles. The number of aliphatic hydroxyl groups is 2. The smallest absolute Gasteiger partial charge is 0.259 e. The Bertz CT molecular complexity index is 1000. The van der Waals surface area contributed by atoms with Crippen LogP contribution in [-0.4, -0.2) is 85.9 Å². The van der Waals surface area contributed by atoms with Crippen molar-refractivity contribution >= 4 is 5.91 Å². The summed E-state index contributed by atoms with van der Waals surface area (Å²) in [4.78, 5) is 29.7. The molecule has 33 heavy (non-hydrogen) atoms. The fraction of sp³-hybridized carbons (Fsp3) is 0.500. The molecule has 2 aromatic rings. The van der Waals surface area contributed by atoms with Gasteiger partial charge in [0.05, 0.1) is 12.6 Å². The lowest BCUT2D eigenvalue weighted by molar-refractivity contribution is 0.0325. The number of pyridine rings is 1. The maximum atomic E-state index is 13.4. The largest absolute Gasteiger partial charge is 0.472 e. The van der Waals surface area contributed by atoms with Crippen molar-refractivity contribution in [3.8, 4) is 17.7 Å². The summed E-state index contributed by atoms with van der Waals surface area (Å²) in [6.45, 7) is 6.93. The fourth-order valence-corrected chi connectivity index (χ4v) is 3.67. The number of nitrogens with zero attached hydrogens (tertiary/aromatic N) is 5. The van der Waals surface area contributed by atoms with Gasteiger partial charge in [0.2, 0.25) is 5.88 Å². The van der Waals surface area contributed by atoms with Crippen LogP contribution in [0, 0.1) is 17.8 Å². The second-order valence-corrected chi connectivity index (χ2v) is 8.59. The molecule has 0 saturated heterocycles. The van der Waals surface area contributed by atoms with E-state index in [1.165, 1.54) is 12.5 Å². The van der Waals surface area contributed by atoms with Crippen LogP contribution >= 0.6 is 0 Å². The van der Waals surface area contributed by atoms with E-state index < -0.39 is 6.10 Å². The van der Waals surface area contributed by atoms with Gasteiger partial charge in [0.1, 0.15) is 24.1 Å². The van der Waals surface area contributed by atoms with Gasteiger partial charge in [0.25, 0.3) is 5.91 Å². The number of carbonyl (C=O) groups excluding carboxylic acids is 1. The summed E-state index contributed by atoms with van der Waals surface area (Å²) >= 11 is 0. The molecule has 1 amide bonds. The predicted octanol–water partition coefficient (Wildman–Crippen LogP) is 0.956. The Morgan fingerprint density at radius 3 is 2.70 bits per heavy atom. The van der Waals surface area contributed by atoms with Crippen molar-refractivity contribution < 1.29 is 19.7 Å². The second-order valence-electron chi connectivity index (χ2n) is 8.59. The van der Waals surface area contributed by atoms with Crippen LogP contribution < -0.4 is 4.74 Å². The van der Waals surface area contributed by atoms with Gasteiger partial charge in [-0.3, -0.25) is 9.69 Å². The van der Waals surface area contributed by atoms with E-state index in [-0.39, 0.29) is 36.5 Å². The van der Waals surface area contributed by atoms with Crippen LogP contribution in [0.4, 0.5) is 0 Å². The van der Waals surface area contributed by atoms with E-state index in [0.29, 0.717) is 30.8 Å². The molecule has 2 N–H and O–H groups in total. The molecule has 176 valence electrons. The highest BCUT2D eigenvalue weighted by molar-refractivity contribution is 5.97. The van der Waals surface area contributed by atoms with Gasteiger partial charge in [-0.15, -0.1) is 0 Å². The van der Waals surface area contributed by atoms with Crippen molar-refractivity contribution in [3.05, 3.63) is 47.7 Å². The van der Waals surface area contributed by atoms with Gasteiger partial charge >= 0.3 is 0 Å². The number of hydrogen-bond acceptors (Lipinski definition) is 8. The van der Waals surface area contributed by atoms with Gasteiger partial charge in [-0.2, -0.15) is 0 Å². The van der Waals surface area contributed by atoms with Gasteiger partial charge < -0.3 is 19.8 Å². The van der Waals surface area contributed by atoms with E-state index in [0.717, 1.165) is 5.56 Å². The van der Waals surface area contributed by atoms with Crippen LogP contribution in [0.25, 0.3) is 0 Å². The monoisotopic (exact) mass is 453 g/mol. The molecular formula is C24H31N5O4. The molecule has 3 rings (SSSR count). The second kappa shape index (κ2) is 11.2. The third-order valence-corrected chi connectivity index (χ3v) is 5.50. The fourth-order valence-electron chi connectivity index (χ4n) is 3.67. The Hall–Kier alpha value is -3.06. The molecule has 0 aromatic carbocycles. The molecule has 0 radical (unpaired) electrons.